The number of hydrogen-bond donors (Lipinski definition) is 2. The molecule has 0 unspecified atom stereocenters. The molecule has 0 radical (unpaired) electrons. The van der Waals surface area contributed by atoms with Crippen molar-refractivity contribution >= 4 is 36.9 Å². The van der Waals surface area contributed by atoms with Crippen molar-refractivity contribution in [1.29, 1.82) is 0 Å². The van der Waals surface area contributed by atoms with Crippen LogP contribution in [0.2, 0.25) is 0 Å². The van der Waals surface area contributed by atoms with E-state index < -0.39 is 4.25 Å². The molecule has 4 rings (SSSR count). The summed E-state index contributed by atoms with van der Waals surface area (Å²) in [5.41, 5.74) is 1.85. The summed E-state index contributed by atoms with van der Waals surface area (Å²) < 4.78 is -2.96. The Morgan fingerprint density at radius 2 is 0.833 bits per heavy atom. The molecule has 4 heteroatoms. The van der Waals surface area contributed by atoms with Gasteiger partial charge in [-0.1, -0.05) is 0 Å². The van der Waals surface area contributed by atoms with Crippen LogP contribution in [0.3, 0.4) is 0 Å². The Balaban J connectivity index is 2.03. The van der Waals surface area contributed by atoms with E-state index in [-0.39, 0.29) is 0 Å². The van der Waals surface area contributed by atoms with Gasteiger partial charge in [0.15, 0.2) is 0 Å². The van der Waals surface area contributed by atoms with Gasteiger partial charge in [-0.3, -0.25) is 0 Å². The second-order valence-corrected chi connectivity index (χ2v) is 19.0. The first-order chi connectivity index (χ1) is 14.5. The zero-order valence-corrected chi connectivity index (χ0v) is 19.6. The summed E-state index contributed by atoms with van der Waals surface area (Å²) in [5, 5.41) is 23.8. The van der Waals surface area contributed by atoms with E-state index in [2.05, 4.69) is 70.6 Å². The van der Waals surface area contributed by atoms with Crippen molar-refractivity contribution in [2.45, 2.75) is 12.3 Å². The van der Waals surface area contributed by atoms with Crippen LogP contribution in [0, 0.1) is 0 Å². The Kier molecular flexibility index (Phi) is 5.86. The molecule has 0 fully saturated rings. The molecule has 2 nitrogen and oxygen atoms in total. The standard InChI is InChI=1S/C26H24IO2P/c27-30(23-13-3-1-4-14-23,24-15-5-2-6-16-24,19-21-11-7-9-17-25(21)28)20-22-12-8-10-18-26(22)29/h1-18,28-29H,19-20H2. The van der Waals surface area contributed by atoms with E-state index in [4.69, 9.17) is 0 Å². The van der Waals surface area contributed by atoms with Gasteiger partial charge in [0.2, 0.25) is 0 Å². The molecule has 0 aliphatic carbocycles. The molecule has 0 saturated carbocycles. The van der Waals surface area contributed by atoms with Crippen molar-refractivity contribution in [2.75, 3.05) is 0 Å². The molecule has 0 aliphatic rings. The molecular formula is C26H24IO2P. The van der Waals surface area contributed by atoms with Gasteiger partial charge in [-0.2, -0.15) is 0 Å². The number of phenols is 2. The zero-order chi connectivity index (χ0) is 21.1. The average Bonchev–Trinajstić information content (AvgIpc) is 2.78. The predicted octanol–water partition coefficient (Wildman–Crippen LogP) is 6.35. The van der Waals surface area contributed by atoms with Crippen LogP contribution in [0.5, 0.6) is 11.5 Å². The van der Waals surface area contributed by atoms with E-state index in [1.165, 1.54) is 10.6 Å². The molecule has 152 valence electrons. The van der Waals surface area contributed by atoms with Crippen LogP contribution in [0.25, 0.3) is 0 Å². The number of hydrogen-bond acceptors (Lipinski definition) is 2. The van der Waals surface area contributed by atoms with E-state index in [1.807, 2.05) is 48.5 Å². The Morgan fingerprint density at radius 1 is 0.500 bits per heavy atom. The van der Waals surface area contributed by atoms with Crippen LogP contribution < -0.4 is 10.6 Å². The fraction of sp³-hybridized carbons (Fsp3) is 0.0769. The quantitative estimate of drug-likeness (QED) is 0.227. The van der Waals surface area contributed by atoms with E-state index >= 15 is 0 Å². The molecule has 2 N–H and O–H groups in total. The van der Waals surface area contributed by atoms with Gasteiger partial charge in [-0.25, -0.2) is 0 Å². The number of phenolic OH excluding ortho intramolecular Hbond substituents is 2. The van der Waals surface area contributed by atoms with Crippen LogP contribution in [0.1, 0.15) is 11.1 Å². The molecule has 30 heavy (non-hydrogen) atoms. The molecular weight excluding hydrogens is 502 g/mol. The number of halogens is 1. The summed E-state index contributed by atoms with van der Waals surface area (Å²) in [7, 11) is 0. The number of rotatable bonds is 6. The maximum atomic E-state index is 10.7. The van der Waals surface area contributed by atoms with E-state index in [0.29, 0.717) is 23.8 Å². The summed E-state index contributed by atoms with van der Waals surface area (Å²) in [5.74, 6) is 0.625. The van der Waals surface area contributed by atoms with Crippen molar-refractivity contribution in [3.05, 3.63) is 120 Å². The monoisotopic (exact) mass is 526 g/mol. The summed E-state index contributed by atoms with van der Waals surface area (Å²) in [6, 6.07) is 36.3. The third-order valence-electron chi connectivity index (χ3n) is 5.68. The molecule has 0 spiro atoms. The molecule has 0 aliphatic heterocycles. The zero-order valence-electron chi connectivity index (χ0n) is 16.5. The molecule has 4 aromatic carbocycles. The van der Waals surface area contributed by atoms with Gasteiger partial charge in [0, 0.05) is 0 Å². The van der Waals surface area contributed by atoms with Crippen molar-refractivity contribution in [2.24, 2.45) is 0 Å². The van der Waals surface area contributed by atoms with Crippen molar-refractivity contribution in [3.63, 3.8) is 0 Å². The van der Waals surface area contributed by atoms with Crippen molar-refractivity contribution in [3.8, 4) is 11.5 Å². The van der Waals surface area contributed by atoms with E-state index in [0.717, 1.165) is 11.1 Å². The topological polar surface area (TPSA) is 40.5 Å². The predicted molar refractivity (Wildman–Crippen MR) is 137 cm³/mol. The second-order valence-electron chi connectivity index (χ2n) is 7.62. The summed E-state index contributed by atoms with van der Waals surface area (Å²) in [6.07, 6.45) is 1.39. The first-order valence-electron chi connectivity index (χ1n) is 9.88. The van der Waals surface area contributed by atoms with Crippen LogP contribution in [0.4, 0.5) is 0 Å². The normalized spacial score (nSPS) is 12.8. The summed E-state index contributed by atoms with van der Waals surface area (Å²) in [4.78, 5) is 0. The fourth-order valence-electron chi connectivity index (χ4n) is 4.11. The number of benzene rings is 4. The third-order valence-corrected chi connectivity index (χ3v) is 16.0. The van der Waals surface area contributed by atoms with Crippen molar-refractivity contribution in [1.82, 2.24) is 0 Å². The summed E-state index contributed by atoms with van der Waals surface area (Å²) >= 11 is 2.69. The third kappa shape index (κ3) is 3.84. The molecule has 0 heterocycles. The summed E-state index contributed by atoms with van der Waals surface area (Å²) in [6.45, 7) is 0. The minimum absolute atomic E-state index is 0.312. The minimum atomic E-state index is -2.96. The average molecular weight is 526 g/mol. The van der Waals surface area contributed by atoms with Crippen molar-refractivity contribution < 1.29 is 10.2 Å². The van der Waals surface area contributed by atoms with Gasteiger partial charge < -0.3 is 0 Å². The molecule has 0 atom stereocenters. The molecule has 4 aromatic rings. The number of aromatic hydroxyl groups is 2. The Morgan fingerprint density at radius 3 is 1.20 bits per heavy atom. The van der Waals surface area contributed by atoms with Gasteiger partial charge in [0.25, 0.3) is 0 Å². The van der Waals surface area contributed by atoms with E-state index in [1.54, 1.807) is 12.1 Å². The van der Waals surface area contributed by atoms with Crippen LogP contribution in [-0.2, 0) is 12.3 Å². The van der Waals surface area contributed by atoms with Gasteiger partial charge >= 0.3 is 191 Å². The molecule has 0 amide bonds. The Bertz CT molecular complexity index is 1050. The van der Waals surface area contributed by atoms with Gasteiger partial charge in [0.1, 0.15) is 0 Å². The first-order valence-corrected chi connectivity index (χ1v) is 15.3. The maximum absolute atomic E-state index is 10.7. The van der Waals surface area contributed by atoms with E-state index in [9.17, 15) is 10.2 Å². The van der Waals surface area contributed by atoms with Gasteiger partial charge in [-0.05, 0) is 0 Å². The molecule has 0 bridgehead atoms. The van der Waals surface area contributed by atoms with Gasteiger partial charge in [0.05, 0.1) is 0 Å². The number of para-hydroxylation sites is 2. The molecule has 0 saturated heterocycles. The molecule has 0 aromatic heterocycles. The van der Waals surface area contributed by atoms with Crippen LogP contribution in [-0.4, -0.2) is 10.2 Å². The SMILES string of the molecule is Oc1ccccc1CP(I)(Cc1ccccc1O)(c1ccccc1)c1ccccc1. The first kappa shape index (κ1) is 20.9. The second kappa shape index (κ2) is 8.41. The van der Waals surface area contributed by atoms with Crippen LogP contribution >= 0.6 is 26.3 Å². The fourth-order valence-corrected chi connectivity index (χ4v) is 13.1. The Labute approximate surface area is 190 Å². The van der Waals surface area contributed by atoms with Gasteiger partial charge in [-0.15, -0.1) is 0 Å². The van der Waals surface area contributed by atoms with Crippen LogP contribution in [0.15, 0.2) is 109 Å². The Hall–Kier alpha value is -2.36.